The summed E-state index contributed by atoms with van der Waals surface area (Å²) in [6.45, 7) is 1.17. The first-order chi connectivity index (χ1) is 5.27. The van der Waals surface area contributed by atoms with E-state index in [0.29, 0.717) is 13.1 Å². The van der Waals surface area contributed by atoms with Crippen LogP contribution in [0, 0.1) is 0 Å². The fraction of sp³-hybridized carbons (Fsp3) is 0.571. The molecule has 0 saturated heterocycles. The van der Waals surface area contributed by atoms with Crippen LogP contribution in [0.3, 0.4) is 0 Å². The van der Waals surface area contributed by atoms with Gasteiger partial charge in [0, 0.05) is 32.3 Å². The zero-order valence-corrected chi connectivity index (χ0v) is 6.70. The van der Waals surface area contributed by atoms with Crippen LogP contribution in [0.25, 0.3) is 0 Å². The van der Waals surface area contributed by atoms with Crippen molar-refractivity contribution in [2.45, 2.75) is 5.92 Å². The van der Waals surface area contributed by atoms with Crippen LogP contribution < -0.4 is 11.5 Å². The maximum atomic E-state index is 5.51. The van der Waals surface area contributed by atoms with Gasteiger partial charge in [-0.05, 0) is 5.56 Å². The monoisotopic (exact) mass is 154 g/mol. The van der Waals surface area contributed by atoms with Crippen molar-refractivity contribution in [1.29, 1.82) is 0 Å². The second-order valence-electron chi connectivity index (χ2n) is 2.62. The minimum absolute atomic E-state index is 0.253. The van der Waals surface area contributed by atoms with Gasteiger partial charge < -0.3 is 11.5 Å². The molecule has 11 heavy (non-hydrogen) atoms. The Hall–Kier alpha value is -0.870. The minimum Gasteiger partial charge on any atom is -0.330 e. The molecule has 62 valence electrons. The van der Waals surface area contributed by atoms with Crippen LogP contribution >= 0.6 is 0 Å². The summed E-state index contributed by atoms with van der Waals surface area (Å²) in [6, 6.07) is 0. The Balaban J connectivity index is 2.73. The maximum Gasteiger partial charge on any atom is 0.0525 e. The highest BCUT2D eigenvalue weighted by atomic mass is 15.2. The summed E-state index contributed by atoms with van der Waals surface area (Å²) >= 11 is 0. The van der Waals surface area contributed by atoms with E-state index in [4.69, 9.17) is 11.5 Å². The number of hydrogen-bond acceptors (Lipinski definition) is 3. The number of hydrogen-bond donors (Lipinski definition) is 2. The van der Waals surface area contributed by atoms with Gasteiger partial charge in [0.15, 0.2) is 0 Å². The van der Waals surface area contributed by atoms with Crippen LogP contribution in [0.4, 0.5) is 0 Å². The molecule has 0 fully saturated rings. The van der Waals surface area contributed by atoms with E-state index in [1.165, 1.54) is 0 Å². The molecule has 0 bridgehead atoms. The molecule has 0 spiro atoms. The first-order valence-electron chi connectivity index (χ1n) is 3.66. The van der Waals surface area contributed by atoms with Crippen molar-refractivity contribution in [3.05, 3.63) is 18.0 Å². The normalized spacial score (nSPS) is 10.9. The van der Waals surface area contributed by atoms with Crippen molar-refractivity contribution >= 4 is 0 Å². The summed E-state index contributed by atoms with van der Waals surface area (Å²) in [5.74, 6) is 0.253. The number of nitrogens with zero attached hydrogens (tertiary/aromatic N) is 2. The van der Waals surface area contributed by atoms with Gasteiger partial charge in [-0.15, -0.1) is 0 Å². The van der Waals surface area contributed by atoms with E-state index in [2.05, 4.69) is 5.10 Å². The molecule has 0 radical (unpaired) electrons. The van der Waals surface area contributed by atoms with Crippen molar-refractivity contribution in [2.75, 3.05) is 13.1 Å². The van der Waals surface area contributed by atoms with Crippen LogP contribution in [-0.4, -0.2) is 22.9 Å². The second kappa shape index (κ2) is 3.50. The summed E-state index contributed by atoms with van der Waals surface area (Å²) in [5.41, 5.74) is 12.1. The van der Waals surface area contributed by atoms with Crippen LogP contribution in [0.1, 0.15) is 11.5 Å². The fourth-order valence-corrected chi connectivity index (χ4v) is 1.02. The van der Waals surface area contributed by atoms with Gasteiger partial charge in [-0.1, -0.05) is 0 Å². The molecule has 0 unspecified atom stereocenters. The Bertz CT molecular complexity index is 214. The summed E-state index contributed by atoms with van der Waals surface area (Å²) in [6.07, 6.45) is 3.76. The standard InChI is InChI=1S/C7H14N4/c1-11-5-7(4-10-11)6(2-8)3-9/h4-6H,2-3,8-9H2,1H3. The molecule has 0 saturated carbocycles. The van der Waals surface area contributed by atoms with Crippen LogP contribution in [0.5, 0.6) is 0 Å². The molecule has 0 aliphatic rings. The first-order valence-corrected chi connectivity index (χ1v) is 3.66. The van der Waals surface area contributed by atoms with Crippen molar-refractivity contribution in [2.24, 2.45) is 18.5 Å². The topological polar surface area (TPSA) is 69.9 Å². The van der Waals surface area contributed by atoms with E-state index >= 15 is 0 Å². The van der Waals surface area contributed by atoms with E-state index in [-0.39, 0.29) is 5.92 Å². The third-order valence-corrected chi connectivity index (χ3v) is 1.77. The van der Waals surface area contributed by atoms with E-state index in [9.17, 15) is 0 Å². The Labute approximate surface area is 66.2 Å². The zero-order chi connectivity index (χ0) is 8.27. The molecule has 4 heteroatoms. The average Bonchev–Trinajstić information content (AvgIpc) is 2.39. The van der Waals surface area contributed by atoms with E-state index < -0.39 is 0 Å². The molecule has 1 heterocycles. The van der Waals surface area contributed by atoms with E-state index in [1.54, 1.807) is 4.68 Å². The lowest BCUT2D eigenvalue weighted by atomic mass is 10.0. The average molecular weight is 154 g/mol. The summed E-state index contributed by atoms with van der Waals surface area (Å²) in [5, 5.41) is 4.04. The molecule has 0 aliphatic carbocycles. The highest BCUT2D eigenvalue weighted by Crippen LogP contribution is 2.10. The Kier molecular flexibility index (Phi) is 2.62. The predicted octanol–water partition coefficient (Wildman–Crippen LogP) is -0.579. The maximum absolute atomic E-state index is 5.51. The Morgan fingerprint density at radius 1 is 1.55 bits per heavy atom. The molecule has 1 aromatic rings. The Morgan fingerprint density at radius 3 is 2.55 bits per heavy atom. The molecule has 0 aromatic carbocycles. The van der Waals surface area contributed by atoms with Gasteiger partial charge in [0.05, 0.1) is 6.20 Å². The predicted molar refractivity (Wildman–Crippen MR) is 44.1 cm³/mol. The van der Waals surface area contributed by atoms with Gasteiger partial charge in [-0.2, -0.15) is 5.10 Å². The Morgan fingerprint density at radius 2 is 2.18 bits per heavy atom. The fourth-order valence-electron chi connectivity index (χ4n) is 1.02. The second-order valence-corrected chi connectivity index (χ2v) is 2.62. The van der Waals surface area contributed by atoms with Gasteiger partial charge in [-0.3, -0.25) is 4.68 Å². The van der Waals surface area contributed by atoms with Crippen molar-refractivity contribution in [3.63, 3.8) is 0 Å². The van der Waals surface area contributed by atoms with Crippen LogP contribution in [-0.2, 0) is 7.05 Å². The SMILES string of the molecule is Cn1cc(C(CN)CN)cn1. The van der Waals surface area contributed by atoms with Crippen LogP contribution in [0.2, 0.25) is 0 Å². The van der Waals surface area contributed by atoms with Crippen molar-refractivity contribution in [3.8, 4) is 0 Å². The summed E-state index contributed by atoms with van der Waals surface area (Å²) in [7, 11) is 1.88. The van der Waals surface area contributed by atoms with E-state index in [0.717, 1.165) is 5.56 Å². The highest BCUT2D eigenvalue weighted by molar-refractivity contribution is 5.11. The smallest absolute Gasteiger partial charge is 0.0525 e. The van der Waals surface area contributed by atoms with Gasteiger partial charge in [0.1, 0.15) is 0 Å². The van der Waals surface area contributed by atoms with Gasteiger partial charge >= 0.3 is 0 Å². The molecular formula is C7H14N4. The van der Waals surface area contributed by atoms with Gasteiger partial charge in [-0.25, -0.2) is 0 Å². The molecule has 4 N–H and O–H groups in total. The number of rotatable bonds is 3. The molecule has 0 atom stereocenters. The summed E-state index contributed by atoms with van der Waals surface area (Å²) < 4.78 is 1.76. The number of aryl methyl sites for hydroxylation is 1. The minimum atomic E-state index is 0.253. The van der Waals surface area contributed by atoms with Crippen LogP contribution in [0.15, 0.2) is 12.4 Å². The zero-order valence-electron chi connectivity index (χ0n) is 6.70. The quantitative estimate of drug-likeness (QED) is 0.612. The molecule has 4 nitrogen and oxygen atoms in total. The molecule has 1 aromatic heterocycles. The molecular weight excluding hydrogens is 140 g/mol. The lowest BCUT2D eigenvalue weighted by Crippen LogP contribution is -2.20. The summed E-state index contributed by atoms with van der Waals surface area (Å²) in [4.78, 5) is 0. The first kappa shape index (κ1) is 8.23. The third-order valence-electron chi connectivity index (χ3n) is 1.77. The van der Waals surface area contributed by atoms with Crippen molar-refractivity contribution in [1.82, 2.24) is 9.78 Å². The lowest BCUT2D eigenvalue weighted by molar-refractivity contribution is 0.705. The third kappa shape index (κ3) is 1.78. The van der Waals surface area contributed by atoms with E-state index in [1.807, 2.05) is 19.4 Å². The van der Waals surface area contributed by atoms with Crippen molar-refractivity contribution < 1.29 is 0 Å². The largest absolute Gasteiger partial charge is 0.330 e. The molecule has 1 rings (SSSR count). The van der Waals surface area contributed by atoms with Gasteiger partial charge in [0.2, 0.25) is 0 Å². The lowest BCUT2D eigenvalue weighted by Gasteiger charge is -2.07. The highest BCUT2D eigenvalue weighted by Gasteiger charge is 2.08. The number of nitrogens with two attached hydrogens (primary N) is 2. The number of aromatic nitrogens is 2. The molecule has 0 amide bonds. The molecule has 0 aliphatic heterocycles. The van der Waals surface area contributed by atoms with Gasteiger partial charge in [0.25, 0.3) is 0 Å².